The molecule has 3 heterocycles. The lowest BCUT2D eigenvalue weighted by Crippen LogP contribution is -2.77. The smallest absolute Gasteiger partial charge is 0.248 e. The maximum absolute atomic E-state index is 13.7. The van der Waals surface area contributed by atoms with E-state index in [1.54, 1.807) is 0 Å². The summed E-state index contributed by atoms with van der Waals surface area (Å²) in [4.78, 5) is 29.3. The van der Waals surface area contributed by atoms with E-state index >= 15 is 0 Å². The second-order valence-corrected chi connectivity index (χ2v) is 10.5. The van der Waals surface area contributed by atoms with E-state index in [9.17, 15) is 9.59 Å². The highest BCUT2D eigenvalue weighted by atomic mass is 16.2. The van der Waals surface area contributed by atoms with E-state index in [0.29, 0.717) is 18.4 Å². The summed E-state index contributed by atoms with van der Waals surface area (Å²) >= 11 is 0. The lowest BCUT2D eigenvalue weighted by Gasteiger charge is -2.55. The number of nitrogens with zero attached hydrogens (tertiary/aromatic N) is 1. The van der Waals surface area contributed by atoms with Gasteiger partial charge in [-0.05, 0) is 49.1 Å². The topological polar surface area (TPSA) is 61.4 Å². The zero-order valence-electron chi connectivity index (χ0n) is 18.9. The Bertz CT molecular complexity index is 778. The first-order valence-corrected chi connectivity index (χ1v) is 11.7. The van der Waals surface area contributed by atoms with Gasteiger partial charge in [-0.3, -0.25) is 14.5 Å². The minimum absolute atomic E-state index is 0.00801. The van der Waals surface area contributed by atoms with Crippen LogP contribution >= 0.6 is 0 Å². The Balaban J connectivity index is 1.62. The van der Waals surface area contributed by atoms with E-state index < -0.39 is 5.54 Å². The van der Waals surface area contributed by atoms with Gasteiger partial charge >= 0.3 is 0 Å². The molecule has 1 aliphatic carbocycles. The van der Waals surface area contributed by atoms with Crippen molar-refractivity contribution in [2.24, 2.45) is 29.6 Å². The molecular formula is C25H37N3O2. The third kappa shape index (κ3) is 3.66. The molecule has 5 atom stereocenters. The summed E-state index contributed by atoms with van der Waals surface area (Å²) in [6, 6.07) is 10.1. The second-order valence-electron chi connectivity index (χ2n) is 10.5. The van der Waals surface area contributed by atoms with Gasteiger partial charge in [-0.25, -0.2) is 0 Å². The maximum Gasteiger partial charge on any atom is 0.248 e. The molecule has 5 nitrogen and oxygen atoms in total. The lowest BCUT2D eigenvalue weighted by atomic mass is 9.57. The Morgan fingerprint density at radius 3 is 2.60 bits per heavy atom. The Morgan fingerprint density at radius 2 is 1.93 bits per heavy atom. The number of carbonyl (C=O) groups is 2. The summed E-state index contributed by atoms with van der Waals surface area (Å²) in [5.41, 5.74) is 0.303. The third-order valence-electron chi connectivity index (χ3n) is 7.50. The maximum atomic E-state index is 13.7. The standard InChI is InChI=1S/C25H37N3O2/c1-16(2)10-11-28-15-19-13-21-20(12-17(3)4)22(28)25(19,27-23(21)29)24(30)26-14-18-8-6-5-7-9-18/h5-9,16-17,19-22H,10-15H2,1-4H3,(H,26,30)(H,27,29)/t19-,20+,21+,22-,25-/m0/s1. The summed E-state index contributed by atoms with van der Waals surface area (Å²) < 4.78 is 0. The average Bonchev–Trinajstić information content (AvgIpc) is 2.94. The number of rotatable bonds is 8. The van der Waals surface area contributed by atoms with Crippen molar-refractivity contribution in [2.75, 3.05) is 13.1 Å². The van der Waals surface area contributed by atoms with Gasteiger partial charge in [0.25, 0.3) is 0 Å². The molecule has 1 saturated carbocycles. The van der Waals surface area contributed by atoms with Crippen LogP contribution in [0.15, 0.2) is 30.3 Å². The van der Waals surface area contributed by atoms with Gasteiger partial charge in [0.1, 0.15) is 5.54 Å². The van der Waals surface area contributed by atoms with Crippen molar-refractivity contribution in [1.82, 2.24) is 15.5 Å². The predicted octanol–water partition coefficient (Wildman–Crippen LogP) is 3.20. The molecule has 4 bridgehead atoms. The number of likely N-dealkylation sites (tertiary alicyclic amines) is 1. The third-order valence-corrected chi connectivity index (χ3v) is 7.50. The Labute approximate surface area is 181 Å². The first-order chi connectivity index (χ1) is 14.3. The van der Waals surface area contributed by atoms with Gasteiger partial charge in [-0.15, -0.1) is 0 Å². The fourth-order valence-corrected chi connectivity index (χ4v) is 6.21. The number of carbonyl (C=O) groups excluding carboxylic acids is 2. The molecule has 1 aromatic carbocycles. The Kier molecular flexibility index (Phi) is 5.93. The van der Waals surface area contributed by atoms with Crippen LogP contribution in [0.5, 0.6) is 0 Å². The lowest BCUT2D eigenvalue weighted by molar-refractivity contribution is -0.155. The van der Waals surface area contributed by atoms with Crippen LogP contribution in [0.3, 0.4) is 0 Å². The summed E-state index contributed by atoms with van der Waals surface area (Å²) in [6.45, 7) is 11.4. The predicted molar refractivity (Wildman–Crippen MR) is 119 cm³/mol. The molecule has 5 heteroatoms. The molecule has 2 N–H and O–H groups in total. The quantitative estimate of drug-likeness (QED) is 0.691. The van der Waals surface area contributed by atoms with Crippen molar-refractivity contribution in [3.05, 3.63) is 35.9 Å². The molecule has 3 aliphatic heterocycles. The molecule has 4 aliphatic rings. The molecule has 0 unspecified atom stereocenters. The van der Waals surface area contributed by atoms with E-state index in [0.717, 1.165) is 37.9 Å². The number of hydrogen-bond acceptors (Lipinski definition) is 3. The molecule has 0 aromatic heterocycles. The summed E-state index contributed by atoms with van der Waals surface area (Å²) in [5, 5.41) is 6.44. The number of piperidine rings is 2. The minimum Gasteiger partial charge on any atom is -0.350 e. The molecule has 5 rings (SSSR count). The highest BCUT2D eigenvalue weighted by Crippen LogP contribution is 2.54. The SMILES string of the molecule is CC(C)CCN1C[C@@H]2C[C@H]3C(=O)N[C@]2(C(=O)NCc2ccccc2)[C@@H]1[C@@H]3CC(C)C. The van der Waals surface area contributed by atoms with E-state index in [1.807, 2.05) is 30.3 Å². The van der Waals surface area contributed by atoms with Crippen LogP contribution in [0, 0.1) is 29.6 Å². The molecule has 2 amide bonds. The van der Waals surface area contributed by atoms with Crippen LogP contribution in [0.4, 0.5) is 0 Å². The number of fused-ring (bicyclic) bond motifs is 1. The van der Waals surface area contributed by atoms with Gasteiger partial charge in [0.05, 0.1) is 0 Å². The van der Waals surface area contributed by atoms with Crippen molar-refractivity contribution < 1.29 is 9.59 Å². The van der Waals surface area contributed by atoms with Gasteiger partial charge in [-0.1, -0.05) is 58.0 Å². The van der Waals surface area contributed by atoms with Crippen molar-refractivity contribution in [2.45, 2.75) is 65.1 Å². The average molecular weight is 412 g/mol. The van der Waals surface area contributed by atoms with Crippen molar-refractivity contribution in [3.8, 4) is 0 Å². The number of hydrogen-bond donors (Lipinski definition) is 2. The van der Waals surface area contributed by atoms with Crippen LogP contribution < -0.4 is 10.6 Å². The normalized spacial score (nSPS) is 32.7. The van der Waals surface area contributed by atoms with Crippen molar-refractivity contribution in [3.63, 3.8) is 0 Å². The molecule has 3 saturated heterocycles. The van der Waals surface area contributed by atoms with Crippen molar-refractivity contribution in [1.29, 1.82) is 0 Å². The zero-order chi connectivity index (χ0) is 21.5. The highest BCUT2D eigenvalue weighted by Gasteiger charge is 2.70. The molecule has 164 valence electrons. The number of nitrogens with one attached hydrogen (secondary N) is 2. The molecule has 0 radical (unpaired) electrons. The van der Waals surface area contributed by atoms with Crippen LogP contribution in [0.25, 0.3) is 0 Å². The Hall–Kier alpha value is -1.88. The van der Waals surface area contributed by atoms with E-state index in [4.69, 9.17) is 0 Å². The van der Waals surface area contributed by atoms with Crippen LogP contribution in [0.1, 0.15) is 52.5 Å². The largest absolute Gasteiger partial charge is 0.350 e. The first-order valence-electron chi connectivity index (χ1n) is 11.7. The molecule has 4 fully saturated rings. The monoisotopic (exact) mass is 411 g/mol. The van der Waals surface area contributed by atoms with Crippen LogP contribution in [0.2, 0.25) is 0 Å². The molecule has 0 spiro atoms. The zero-order valence-corrected chi connectivity index (χ0v) is 18.9. The van der Waals surface area contributed by atoms with Gasteiger partial charge < -0.3 is 10.6 Å². The number of amides is 2. The van der Waals surface area contributed by atoms with Crippen molar-refractivity contribution >= 4 is 11.8 Å². The van der Waals surface area contributed by atoms with Gasteiger partial charge in [0.15, 0.2) is 0 Å². The van der Waals surface area contributed by atoms with Gasteiger partial charge in [0, 0.05) is 31.0 Å². The van der Waals surface area contributed by atoms with Gasteiger partial charge in [0.2, 0.25) is 11.8 Å². The summed E-state index contributed by atoms with van der Waals surface area (Å²) in [6.07, 6.45) is 2.97. The second kappa shape index (κ2) is 8.33. The molecule has 30 heavy (non-hydrogen) atoms. The molecule has 1 aromatic rings. The van der Waals surface area contributed by atoms with E-state index in [-0.39, 0.29) is 35.6 Å². The number of benzene rings is 1. The van der Waals surface area contributed by atoms with E-state index in [1.165, 1.54) is 0 Å². The summed E-state index contributed by atoms with van der Waals surface area (Å²) in [5.74, 6) is 1.75. The fraction of sp³-hybridized carbons (Fsp3) is 0.680. The summed E-state index contributed by atoms with van der Waals surface area (Å²) in [7, 11) is 0. The van der Waals surface area contributed by atoms with Crippen LogP contribution in [-0.2, 0) is 16.1 Å². The van der Waals surface area contributed by atoms with Crippen LogP contribution in [-0.4, -0.2) is 41.4 Å². The molecular weight excluding hydrogens is 374 g/mol. The fourth-order valence-electron chi connectivity index (χ4n) is 6.21. The first kappa shape index (κ1) is 21.4. The minimum atomic E-state index is -0.781. The Morgan fingerprint density at radius 1 is 1.20 bits per heavy atom. The van der Waals surface area contributed by atoms with Gasteiger partial charge in [-0.2, -0.15) is 0 Å². The highest BCUT2D eigenvalue weighted by molar-refractivity contribution is 5.97. The van der Waals surface area contributed by atoms with E-state index in [2.05, 4.69) is 43.2 Å².